The number of hydrogen-bond acceptors (Lipinski definition) is 3. The minimum atomic E-state index is -0.331. The van der Waals surface area contributed by atoms with E-state index in [0.29, 0.717) is 13.1 Å². The van der Waals surface area contributed by atoms with Gasteiger partial charge in [-0.05, 0) is 24.1 Å². The van der Waals surface area contributed by atoms with Crippen LogP contribution in [0.3, 0.4) is 0 Å². The number of carbonyl (C=O) groups is 1. The van der Waals surface area contributed by atoms with E-state index in [9.17, 15) is 4.79 Å². The lowest BCUT2D eigenvalue weighted by molar-refractivity contribution is 0.178. The van der Waals surface area contributed by atoms with Crippen LogP contribution in [0.5, 0.6) is 0 Å². The highest BCUT2D eigenvalue weighted by atomic mass is 16.5. The Kier molecular flexibility index (Phi) is 4.79. The van der Waals surface area contributed by atoms with Crippen LogP contribution in [0.1, 0.15) is 18.9 Å². The molecule has 0 radical (unpaired) electrons. The lowest BCUT2D eigenvalue weighted by Gasteiger charge is -2.20. The number of rotatable bonds is 4. The molecule has 0 atom stereocenters. The second-order valence-electron chi connectivity index (χ2n) is 3.49. The van der Waals surface area contributed by atoms with Crippen LogP contribution in [0, 0.1) is 0 Å². The summed E-state index contributed by atoms with van der Waals surface area (Å²) < 4.78 is 4.74. The Balaban J connectivity index is 2.87. The summed E-state index contributed by atoms with van der Waals surface area (Å²) in [4.78, 5) is 13.1. The molecule has 0 bridgehead atoms. The van der Waals surface area contributed by atoms with Crippen molar-refractivity contribution >= 4 is 11.8 Å². The summed E-state index contributed by atoms with van der Waals surface area (Å²) in [5.41, 5.74) is 7.40. The Morgan fingerprint density at radius 3 is 2.44 bits per heavy atom. The Bertz CT molecular complexity index is 335. The van der Waals surface area contributed by atoms with Crippen molar-refractivity contribution in [3.05, 3.63) is 29.8 Å². The number of nitrogens with zero attached hydrogens (tertiary/aromatic N) is 1. The molecule has 1 aromatic carbocycles. The molecule has 88 valence electrons. The molecule has 0 aliphatic rings. The Morgan fingerprint density at radius 2 is 2.00 bits per heavy atom. The molecular weight excluding hydrogens is 204 g/mol. The molecular formula is C12H18N2O2. The predicted molar refractivity (Wildman–Crippen MR) is 64.4 cm³/mol. The van der Waals surface area contributed by atoms with Gasteiger partial charge >= 0.3 is 6.09 Å². The molecule has 0 aliphatic heterocycles. The molecule has 4 nitrogen and oxygen atoms in total. The van der Waals surface area contributed by atoms with Crippen molar-refractivity contribution in [2.75, 3.05) is 18.6 Å². The average Bonchev–Trinajstić information content (AvgIpc) is 2.35. The van der Waals surface area contributed by atoms with Gasteiger partial charge in [0, 0.05) is 18.8 Å². The van der Waals surface area contributed by atoms with Gasteiger partial charge in [0.25, 0.3) is 0 Å². The van der Waals surface area contributed by atoms with Crippen LogP contribution in [0.25, 0.3) is 0 Å². The molecule has 1 rings (SSSR count). The van der Waals surface area contributed by atoms with Crippen molar-refractivity contribution < 1.29 is 9.53 Å². The van der Waals surface area contributed by atoms with Crippen molar-refractivity contribution in [2.24, 2.45) is 5.73 Å². The second kappa shape index (κ2) is 6.12. The van der Waals surface area contributed by atoms with Crippen LogP contribution >= 0.6 is 0 Å². The number of nitrogens with two attached hydrogens (primary N) is 1. The summed E-state index contributed by atoms with van der Waals surface area (Å²) >= 11 is 0. The van der Waals surface area contributed by atoms with E-state index in [1.807, 2.05) is 31.2 Å². The number of carbonyl (C=O) groups excluding carboxylic acids is 1. The molecule has 0 fully saturated rings. The van der Waals surface area contributed by atoms with Crippen LogP contribution < -0.4 is 10.6 Å². The Hall–Kier alpha value is -1.55. The third kappa shape index (κ3) is 2.97. The van der Waals surface area contributed by atoms with Crippen molar-refractivity contribution in [1.29, 1.82) is 0 Å². The SMILES string of the molecule is CCCN(C(=O)OC)c1ccc(CN)cc1. The van der Waals surface area contributed by atoms with Crippen LogP contribution in [-0.2, 0) is 11.3 Å². The third-order valence-corrected chi connectivity index (χ3v) is 2.33. The van der Waals surface area contributed by atoms with Crippen molar-refractivity contribution in [3.63, 3.8) is 0 Å². The zero-order valence-corrected chi connectivity index (χ0v) is 9.77. The first kappa shape index (κ1) is 12.5. The Morgan fingerprint density at radius 1 is 1.38 bits per heavy atom. The lowest BCUT2D eigenvalue weighted by atomic mass is 10.2. The molecule has 2 N–H and O–H groups in total. The van der Waals surface area contributed by atoms with Gasteiger partial charge in [-0.15, -0.1) is 0 Å². The number of amides is 1. The van der Waals surface area contributed by atoms with Gasteiger partial charge in [-0.3, -0.25) is 4.90 Å². The lowest BCUT2D eigenvalue weighted by Crippen LogP contribution is -2.31. The molecule has 1 amide bonds. The predicted octanol–water partition coefficient (Wildman–Crippen LogP) is 2.13. The Labute approximate surface area is 96.0 Å². The standard InChI is InChI=1S/C12H18N2O2/c1-3-8-14(12(15)16-2)11-6-4-10(9-13)5-7-11/h4-7H,3,8-9,13H2,1-2H3. The molecule has 16 heavy (non-hydrogen) atoms. The molecule has 0 spiro atoms. The van der Waals surface area contributed by atoms with E-state index < -0.39 is 0 Å². The number of anilines is 1. The molecule has 4 heteroatoms. The quantitative estimate of drug-likeness (QED) is 0.849. The van der Waals surface area contributed by atoms with E-state index in [4.69, 9.17) is 10.5 Å². The fourth-order valence-corrected chi connectivity index (χ4v) is 1.47. The summed E-state index contributed by atoms with van der Waals surface area (Å²) in [5.74, 6) is 0. The van der Waals surface area contributed by atoms with Crippen LogP contribution in [0.2, 0.25) is 0 Å². The van der Waals surface area contributed by atoms with E-state index in [1.54, 1.807) is 4.90 Å². The van der Waals surface area contributed by atoms with Gasteiger partial charge in [0.05, 0.1) is 7.11 Å². The third-order valence-electron chi connectivity index (χ3n) is 2.33. The van der Waals surface area contributed by atoms with Gasteiger partial charge in [-0.2, -0.15) is 0 Å². The van der Waals surface area contributed by atoms with Crippen LogP contribution in [0.4, 0.5) is 10.5 Å². The topological polar surface area (TPSA) is 55.6 Å². The monoisotopic (exact) mass is 222 g/mol. The van der Waals surface area contributed by atoms with Gasteiger partial charge in [-0.25, -0.2) is 4.79 Å². The van der Waals surface area contributed by atoms with Gasteiger partial charge in [0.15, 0.2) is 0 Å². The first-order chi connectivity index (χ1) is 7.72. The van der Waals surface area contributed by atoms with Gasteiger partial charge in [0.1, 0.15) is 0 Å². The molecule has 0 aromatic heterocycles. The maximum atomic E-state index is 11.5. The van der Waals surface area contributed by atoms with Gasteiger partial charge < -0.3 is 10.5 Å². The highest BCUT2D eigenvalue weighted by molar-refractivity contribution is 5.87. The van der Waals surface area contributed by atoms with E-state index in [2.05, 4.69) is 0 Å². The molecule has 0 heterocycles. The number of hydrogen-bond donors (Lipinski definition) is 1. The summed E-state index contributed by atoms with van der Waals surface area (Å²) in [7, 11) is 1.39. The van der Waals surface area contributed by atoms with E-state index >= 15 is 0 Å². The van der Waals surface area contributed by atoms with Crippen molar-refractivity contribution in [3.8, 4) is 0 Å². The second-order valence-corrected chi connectivity index (χ2v) is 3.49. The largest absolute Gasteiger partial charge is 0.452 e. The summed E-state index contributed by atoms with van der Waals surface area (Å²) in [6, 6.07) is 7.60. The fourth-order valence-electron chi connectivity index (χ4n) is 1.47. The smallest absolute Gasteiger partial charge is 0.413 e. The maximum Gasteiger partial charge on any atom is 0.413 e. The number of methoxy groups -OCH3 is 1. The fraction of sp³-hybridized carbons (Fsp3) is 0.417. The zero-order valence-electron chi connectivity index (χ0n) is 9.77. The highest BCUT2D eigenvalue weighted by Crippen LogP contribution is 2.16. The molecule has 0 aliphatic carbocycles. The minimum absolute atomic E-state index is 0.331. The average molecular weight is 222 g/mol. The molecule has 0 unspecified atom stereocenters. The first-order valence-corrected chi connectivity index (χ1v) is 5.37. The molecule has 0 saturated carbocycles. The first-order valence-electron chi connectivity index (χ1n) is 5.37. The van der Waals surface area contributed by atoms with Crippen LogP contribution in [0.15, 0.2) is 24.3 Å². The maximum absolute atomic E-state index is 11.5. The van der Waals surface area contributed by atoms with E-state index in [0.717, 1.165) is 17.7 Å². The normalized spacial score (nSPS) is 9.94. The summed E-state index contributed by atoms with van der Waals surface area (Å²) in [6.07, 6.45) is 0.552. The van der Waals surface area contributed by atoms with Crippen LogP contribution in [-0.4, -0.2) is 19.7 Å². The molecule has 0 saturated heterocycles. The summed E-state index contributed by atoms with van der Waals surface area (Å²) in [5, 5.41) is 0. The number of benzene rings is 1. The van der Waals surface area contributed by atoms with E-state index in [-0.39, 0.29) is 6.09 Å². The van der Waals surface area contributed by atoms with Gasteiger partial charge in [-0.1, -0.05) is 19.1 Å². The van der Waals surface area contributed by atoms with Gasteiger partial charge in [0.2, 0.25) is 0 Å². The van der Waals surface area contributed by atoms with Crippen molar-refractivity contribution in [1.82, 2.24) is 0 Å². The number of ether oxygens (including phenoxy) is 1. The van der Waals surface area contributed by atoms with Crippen molar-refractivity contribution in [2.45, 2.75) is 19.9 Å². The molecule has 1 aromatic rings. The summed E-state index contributed by atoms with van der Waals surface area (Å²) in [6.45, 7) is 3.17. The van der Waals surface area contributed by atoms with E-state index in [1.165, 1.54) is 7.11 Å². The zero-order chi connectivity index (χ0) is 12.0. The highest BCUT2D eigenvalue weighted by Gasteiger charge is 2.14. The minimum Gasteiger partial charge on any atom is -0.452 e.